The summed E-state index contributed by atoms with van der Waals surface area (Å²) in [6.07, 6.45) is 0. The average molecular weight is 497 g/mol. The van der Waals surface area contributed by atoms with Gasteiger partial charge in [0.15, 0.2) is 28.0 Å². The molecule has 0 radical (unpaired) electrons. The summed E-state index contributed by atoms with van der Waals surface area (Å²) in [5.74, 6) is -1.38. The number of para-hydroxylation sites is 1. The fraction of sp³-hybridized carbons (Fsp3) is 0.107. The maximum Gasteiger partial charge on any atom is 0.296 e. The molecule has 0 fully saturated rings. The molecule has 36 heavy (non-hydrogen) atoms. The topological polar surface area (TPSA) is 92.9 Å². The highest BCUT2D eigenvalue weighted by atomic mass is 32.1. The Morgan fingerprint density at radius 1 is 1.08 bits per heavy atom. The van der Waals surface area contributed by atoms with Gasteiger partial charge in [-0.05, 0) is 42.3 Å². The summed E-state index contributed by atoms with van der Waals surface area (Å²) in [7, 11) is 1.52. The summed E-state index contributed by atoms with van der Waals surface area (Å²) in [5.41, 5.74) is 2.84. The average Bonchev–Trinajstić information content (AvgIpc) is 3.58. The number of hydrogen-bond donors (Lipinski definition) is 1. The van der Waals surface area contributed by atoms with Gasteiger partial charge in [0.1, 0.15) is 0 Å². The molecule has 1 unspecified atom stereocenters. The second-order valence-electron chi connectivity index (χ2n) is 8.54. The normalized spacial score (nSPS) is 15.9. The van der Waals surface area contributed by atoms with Crippen LogP contribution in [-0.2, 0) is 4.79 Å². The lowest BCUT2D eigenvalue weighted by Gasteiger charge is -2.24. The number of carbonyl (C=O) groups is 2. The van der Waals surface area contributed by atoms with Crippen molar-refractivity contribution in [1.82, 2.24) is 4.98 Å². The summed E-state index contributed by atoms with van der Waals surface area (Å²) in [6.45, 7) is 1.99. The van der Waals surface area contributed by atoms with Crippen molar-refractivity contribution in [2.45, 2.75) is 13.0 Å². The number of aliphatic hydroxyl groups excluding tert-OH is 1. The van der Waals surface area contributed by atoms with Crippen molar-refractivity contribution < 1.29 is 23.8 Å². The Hall–Kier alpha value is -4.43. The van der Waals surface area contributed by atoms with E-state index in [2.05, 4.69) is 4.98 Å². The third-order valence-electron chi connectivity index (χ3n) is 6.26. The number of benzene rings is 3. The molecule has 2 aromatic heterocycles. The van der Waals surface area contributed by atoms with Crippen LogP contribution in [0.4, 0.5) is 5.13 Å². The van der Waals surface area contributed by atoms with Crippen LogP contribution in [0.2, 0.25) is 0 Å². The minimum atomic E-state index is -0.872. The molecular weight excluding hydrogens is 476 g/mol. The smallest absolute Gasteiger partial charge is 0.296 e. The number of anilines is 1. The lowest BCUT2D eigenvalue weighted by Crippen LogP contribution is -2.30. The predicted octanol–water partition coefficient (Wildman–Crippen LogP) is 6.14. The zero-order valence-corrected chi connectivity index (χ0v) is 20.2. The predicted molar refractivity (Wildman–Crippen MR) is 138 cm³/mol. The molecule has 1 aliphatic rings. The number of ether oxygens (including phenoxy) is 1. The van der Waals surface area contributed by atoms with Crippen LogP contribution in [0.25, 0.3) is 21.2 Å². The molecule has 6 rings (SSSR count). The molecule has 3 aromatic carbocycles. The van der Waals surface area contributed by atoms with E-state index in [9.17, 15) is 14.7 Å². The molecule has 1 atom stereocenters. The maximum atomic E-state index is 13.8. The number of furan rings is 1. The minimum absolute atomic E-state index is 0.00607. The highest BCUT2D eigenvalue weighted by Gasteiger charge is 2.46. The quantitative estimate of drug-likeness (QED) is 0.294. The third kappa shape index (κ3) is 3.37. The van der Waals surface area contributed by atoms with Crippen LogP contribution in [0.15, 0.2) is 88.5 Å². The van der Waals surface area contributed by atoms with Crippen LogP contribution < -0.4 is 9.64 Å². The maximum absolute atomic E-state index is 13.8. The Bertz CT molecular complexity index is 1700. The van der Waals surface area contributed by atoms with Crippen molar-refractivity contribution in [1.29, 1.82) is 0 Å². The van der Waals surface area contributed by atoms with Gasteiger partial charge in [-0.1, -0.05) is 59.9 Å². The first-order valence-corrected chi connectivity index (χ1v) is 12.1. The van der Waals surface area contributed by atoms with Crippen molar-refractivity contribution >= 4 is 49.3 Å². The van der Waals surface area contributed by atoms with Gasteiger partial charge in [0.05, 0.1) is 28.9 Å². The monoisotopic (exact) mass is 496 g/mol. The highest BCUT2D eigenvalue weighted by Crippen LogP contribution is 2.44. The van der Waals surface area contributed by atoms with E-state index in [1.807, 2.05) is 55.5 Å². The van der Waals surface area contributed by atoms with Gasteiger partial charge in [-0.3, -0.25) is 14.5 Å². The number of aromatic nitrogens is 1. The van der Waals surface area contributed by atoms with Crippen molar-refractivity contribution in [2.24, 2.45) is 0 Å². The Morgan fingerprint density at radius 2 is 1.89 bits per heavy atom. The van der Waals surface area contributed by atoms with Crippen LogP contribution >= 0.6 is 11.3 Å². The van der Waals surface area contributed by atoms with Crippen LogP contribution in [0.1, 0.15) is 27.7 Å². The van der Waals surface area contributed by atoms with E-state index in [4.69, 9.17) is 9.15 Å². The van der Waals surface area contributed by atoms with Gasteiger partial charge in [0.25, 0.3) is 5.91 Å². The Morgan fingerprint density at radius 3 is 2.67 bits per heavy atom. The van der Waals surface area contributed by atoms with Crippen molar-refractivity contribution in [3.8, 4) is 5.75 Å². The number of fused-ring (bicyclic) bond motifs is 2. The Labute approximate surface area is 209 Å². The second kappa shape index (κ2) is 8.35. The van der Waals surface area contributed by atoms with E-state index in [1.165, 1.54) is 23.3 Å². The summed E-state index contributed by atoms with van der Waals surface area (Å²) in [5, 5.41) is 12.1. The number of methoxy groups -OCH3 is 1. The Balaban J connectivity index is 1.50. The molecule has 1 aliphatic heterocycles. The summed E-state index contributed by atoms with van der Waals surface area (Å²) >= 11 is 1.34. The van der Waals surface area contributed by atoms with Crippen LogP contribution in [0.5, 0.6) is 5.75 Å². The van der Waals surface area contributed by atoms with Gasteiger partial charge in [-0.25, -0.2) is 4.98 Å². The molecule has 1 amide bonds. The minimum Gasteiger partial charge on any atom is -0.503 e. The highest BCUT2D eigenvalue weighted by molar-refractivity contribution is 7.22. The fourth-order valence-corrected chi connectivity index (χ4v) is 5.64. The molecule has 0 saturated carbocycles. The van der Waals surface area contributed by atoms with Crippen LogP contribution in [-0.4, -0.2) is 28.9 Å². The van der Waals surface area contributed by atoms with Gasteiger partial charge in [-0.15, -0.1) is 0 Å². The third-order valence-corrected chi connectivity index (χ3v) is 7.28. The zero-order valence-electron chi connectivity index (χ0n) is 19.4. The van der Waals surface area contributed by atoms with E-state index in [0.717, 1.165) is 15.8 Å². The van der Waals surface area contributed by atoms with E-state index >= 15 is 0 Å². The number of rotatable bonds is 5. The number of Topliss-reactive ketones (excluding diaryl/α,β-unsaturated/α-hetero) is 1. The lowest BCUT2D eigenvalue weighted by atomic mass is 9.95. The molecule has 0 bridgehead atoms. The van der Waals surface area contributed by atoms with Gasteiger partial charge in [0, 0.05) is 5.39 Å². The van der Waals surface area contributed by atoms with Crippen LogP contribution in [0, 0.1) is 6.92 Å². The van der Waals surface area contributed by atoms with E-state index in [-0.39, 0.29) is 11.3 Å². The standard InChI is InChI=1S/C28H20N2O5S/c1-15-11-12-18-21(13-15)36-28(29-18)30-23(16-7-4-3-5-8-16)22(25(32)27(30)33)24(31)20-14-17-9-6-10-19(34-2)26(17)35-20/h3-14,23,32H,1-2H3. The number of nitrogens with zero attached hydrogens (tertiary/aromatic N) is 2. The second-order valence-corrected chi connectivity index (χ2v) is 9.55. The molecule has 178 valence electrons. The van der Waals surface area contributed by atoms with Crippen molar-refractivity contribution in [2.75, 3.05) is 12.0 Å². The molecule has 3 heterocycles. The van der Waals surface area contributed by atoms with Crippen molar-refractivity contribution in [3.05, 3.63) is 101 Å². The van der Waals surface area contributed by atoms with Gasteiger partial charge >= 0.3 is 0 Å². The largest absolute Gasteiger partial charge is 0.503 e. The summed E-state index contributed by atoms with van der Waals surface area (Å²) in [6, 6.07) is 21.0. The number of aryl methyl sites for hydroxylation is 1. The van der Waals surface area contributed by atoms with E-state index < -0.39 is 23.5 Å². The number of hydrogen-bond acceptors (Lipinski definition) is 7. The Kier molecular flexibility index (Phi) is 5.12. The molecule has 5 aromatic rings. The van der Waals surface area contributed by atoms with Gasteiger partial charge in [-0.2, -0.15) is 0 Å². The molecule has 0 aliphatic carbocycles. The summed E-state index contributed by atoms with van der Waals surface area (Å²) in [4.78, 5) is 33.3. The number of ketones is 1. The van der Waals surface area contributed by atoms with Gasteiger partial charge in [0.2, 0.25) is 5.78 Å². The van der Waals surface area contributed by atoms with Crippen LogP contribution in [0.3, 0.4) is 0 Å². The first-order chi connectivity index (χ1) is 17.5. The number of thiazole rings is 1. The molecule has 0 saturated heterocycles. The first kappa shape index (κ1) is 22.1. The summed E-state index contributed by atoms with van der Waals surface area (Å²) < 4.78 is 12.1. The molecular formula is C28H20N2O5S. The van der Waals surface area contributed by atoms with Crippen molar-refractivity contribution in [3.63, 3.8) is 0 Å². The zero-order chi connectivity index (χ0) is 25.0. The molecule has 1 N–H and O–H groups in total. The number of carbonyl (C=O) groups excluding carboxylic acids is 2. The fourth-order valence-electron chi connectivity index (χ4n) is 4.55. The molecule has 8 heteroatoms. The molecule has 0 spiro atoms. The first-order valence-electron chi connectivity index (χ1n) is 11.3. The van der Waals surface area contributed by atoms with E-state index in [0.29, 0.717) is 27.4 Å². The number of amides is 1. The van der Waals surface area contributed by atoms with Gasteiger partial charge < -0.3 is 14.3 Å². The molecule has 7 nitrogen and oxygen atoms in total. The van der Waals surface area contributed by atoms with E-state index in [1.54, 1.807) is 24.3 Å². The number of aliphatic hydroxyl groups is 1. The SMILES string of the molecule is COc1cccc2cc(C(=O)C3=C(O)C(=O)N(c4nc5ccc(C)cc5s4)C3c3ccccc3)oc12. The lowest BCUT2D eigenvalue weighted by molar-refractivity contribution is -0.117.